The van der Waals surface area contributed by atoms with Crippen LogP contribution in [0.15, 0.2) is 27.1 Å². The largest absolute Gasteiger partial charge is 0.396 e. The Kier molecular flexibility index (Phi) is 5.22. The molecule has 0 amide bonds. The van der Waals surface area contributed by atoms with E-state index in [0.717, 1.165) is 8.95 Å². The van der Waals surface area contributed by atoms with E-state index in [1.807, 2.05) is 6.07 Å². The monoisotopic (exact) mass is 338 g/mol. The van der Waals surface area contributed by atoms with Crippen molar-refractivity contribution in [2.24, 2.45) is 0 Å². The first kappa shape index (κ1) is 13.1. The zero-order valence-corrected chi connectivity index (χ0v) is 11.1. The standard InChI is InChI=1S/C10H12Br2O3/c11-6-1-2-8(12)7(5-6)10(15)9(14)3-4-13/h1-2,5,9-10,13-15H,3-4H2. The second-order valence-corrected chi connectivity index (χ2v) is 4.96. The molecule has 0 bridgehead atoms. The van der Waals surface area contributed by atoms with Gasteiger partial charge in [-0.1, -0.05) is 31.9 Å². The van der Waals surface area contributed by atoms with Crippen molar-refractivity contribution in [2.75, 3.05) is 6.61 Å². The smallest absolute Gasteiger partial charge is 0.106 e. The molecule has 0 saturated heterocycles. The van der Waals surface area contributed by atoms with Gasteiger partial charge in [-0.25, -0.2) is 0 Å². The zero-order valence-electron chi connectivity index (χ0n) is 7.90. The summed E-state index contributed by atoms with van der Waals surface area (Å²) in [5.41, 5.74) is 0.602. The van der Waals surface area contributed by atoms with Crippen molar-refractivity contribution in [3.05, 3.63) is 32.7 Å². The van der Waals surface area contributed by atoms with Crippen molar-refractivity contribution in [3.63, 3.8) is 0 Å². The normalized spacial score (nSPS) is 15.0. The van der Waals surface area contributed by atoms with E-state index < -0.39 is 12.2 Å². The quantitative estimate of drug-likeness (QED) is 0.786. The third-order valence-electron chi connectivity index (χ3n) is 2.07. The van der Waals surface area contributed by atoms with Gasteiger partial charge in [0.1, 0.15) is 6.10 Å². The molecule has 0 aliphatic carbocycles. The summed E-state index contributed by atoms with van der Waals surface area (Å²) >= 11 is 6.59. The zero-order chi connectivity index (χ0) is 11.4. The molecule has 3 nitrogen and oxygen atoms in total. The van der Waals surface area contributed by atoms with Crippen LogP contribution in [0.5, 0.6) is 0 Å². The molecule has 0 spiro atoms. The molecule has 5 heteroatoms. The van der Waals surface area contributed by atoms with Crippen LogP contribution in [-0.2, 0) is 0 Å². The van der Waals surface area contributed by atoms with Crippen LogP contribution in [0, 0.1) is 0 Å². The van der Waals surface area contributed by atoms with Crippen molar-refractivity contribution >= 4 is 31.9 Å². The van der Waals surface area contributed by atoms with Gasteiger partial charge in [-0.05, 0) is 30.2 Å². The van der Waals surface area contributed by atoms with Gasteiger partial charge in [0, 0.05) is 15.6 Å². The van der Waals surface area contributed by atoms with Crippen LogP contribution in [0.1, 0.15) is 18.1 Å². The third kappa shape index (κ3) is 3.53. The molecule has 2 unspecified atom stereocenters. The van der Waals surface area contributed by atoms with Crippen LogP contribution < -0.4 is 0 Å². The number of hydrogen-bond acceptors (Lipinski definition) is 3. The van der Waals surface area contributed by atoms with Crippen LogP contribution in [0.3, 0.4) is 0 Å². The predicted octanol–water partition coefficient (Wildman–Crippen LogP) is 1.99. The Morgan fingerprint density at radius 1 is 1.20 bits per heavy atom. The highest BCUT2D eigenvalue weighted by Crippen LogP contribution is 2.29. The minimum Gasteiger partial charge on any atom is -0.396 e. The molecule has 3 N–H and O–H groups in total. The molecule has 15 heavy (non-hydrogen) atoms. The fourth-order valence-corrected chi connectivity index (χ4v) is 2.10. The summed E-state index contributed by atoms with van der Waals surface area (Å²) in [6.07, 6.45) is -1.80. The minimum absolute atomic E-state index is 0.149. The van der Waals surface area contributed by atoms with Gasteiger partial charge in [-0.3, -0.25) is 0 Å². The van der Waals surface area contributed by atoms with Gasteiger partial charge in [0.25, 0.3) is 0 Å². The molecule has 0 aromatic heterocycles. The van der Waals surface area contributed by atoms with E-state index in [1.54, 1.807) is 12.1 Å². The van der Waals surface area contributed by atoms with E-state index in [9.17, 15) is 10.2 Å². The summed E-state index contributed by atoms with van der Waals surface area (Å²) < 4.78 is 1.56. The van der Waals surface area contributed by atoms with Crippen LogP contribution in [0.4, 0.5) is 0 Å². The Labute approximate surface area is 105 Å². The van der Waals surface area contributed by atoms with Gasteiger partial charge in [-0.2, -0.15) is 0 Å². The van der Waals surface area contributed by atoms with Crippen molar-refractivity contribution < 1.29 is 15.3 Å². The molecule has 1 aromatic carbocycles. The summed E-state index contributed by atoms with van der Waals surface area (Å²) in [5.74, 6) is 0. The van der Waals surface area contributed by atoms with E-state index in [1.165, 1.54) is 0 Å². The first-order chi connectivity index (χ1) is 7.06. The van der Waals surface area contributed by atoms with E-state index in [-0.39, 0.29) is 13.0 Å². The van der Waals surface area contributed by atoms with Crippen molar-refractivity contribution in [1.82, 2.24) is 0 Å². The van der Waals surface area contributed by atoms with Crippen molar-refractivity contribution in [3.8, 4) is 0 Å². The lowest BCUT2D eigenvalue weighted by Crippen LogP contribution is -2.19. The third-order valence-corrected chi connectivity index (χ3v) is 3.28. The molecule has 0 saturated carbocycles. The van der Waals surface area contributed by atoms with E-state index in [4.69, 9.17) is 5.11 Å². The summed E-state index contributed by atoms with van der Waals surface area (Å²) in [6.45, 7) is -0.149. The second kappa shape index (κ2) is 5.96. The molecule has 0 heterocycles. The van der Waals surface area contributed by atoms with Crippen molar-refractivity contribution in [2.45, 2.75) is 18.6 Å². The topological polar surface area (TPSA) is 60.7 Å². The second-order valence-electron chi connectivity index (χ2n) is 3.19. The molecule has 84 valence electrons. The van der Waals surface area contributed by atoms with E-state index in [0.29, 0.717) is 5.56 Å². The Balaban J connectivity index is 2.89. The average molecular weight is 340 g/mol. The van der Waals surface area contributed by atoms with Crippen LogP contribution in [-0.4, -0.2) is 28.0 Å². The van der Waals surface area contributed by atoms with Crippen molar-refractivity contribution in [1.29, 1.82) is 0 Å². The van der Waals surface area contributed by atoms with E-state index in [2.05, 4.69) is 31.9 Å². The highest BCUT2D eigenvalue weighted by Gasteiger charge is 2.20. The Bertz CT molecular complexity index is 330. The Hall–Kier alpha value is 0.0600. The lowest BCUT2D eigenvalue weighted by atomic mass is 10.0. The molecule has 0 fully saturated rings. The predicted molar refractivity (Wildman–Crippen MR) is 64.5 cm³/mol. The summed E-state index contributed by atoms with van der Waals surface area (Å²) in [7, 11) is 0. The summed E-state index contributed by atoms with van der Waals surface area (Å²) in [4.78, 5) is 0. The maximum absolute atomic E-state index is 9.81. The van der Waals surface area contributed by atoms with Gasteiger partial charge < -0.3 is 15.3 Å². The van der Waals surface area contributed by atoms with Gasteiger partial charge in [0.2, 0.25) is 0 Å². The van der Waals surface area contributed by atoms with Gasteiger partial charge in [0.15, 0.2) is 0 Å². The number of aliphatic hydroxyl groups excluding tert-OH is 3. The van der Waals surface area contributed by atoms with Gasteiger partial charge >= 0.3 is 0 Å². The lowest BCUT2D eigenvalue weighted by molar-refractivity contribution is 0.00381. The molecule has 0 aliphatic heterocycles. The number of aliphatic hydroxyl groups is 3. The highest BCUT2D eigenvalue weighted by atomic mass is 79.9. The molecule has 0 aliphatic rings. The molecule has 1 aromatic rings. The lowest BCUT2D eigenvalue weighted by Gasteiger charge is -2.18. The molecule has 1 rings (SSSR count). The Morgan fingerprint density at radius 3 is 2.47 bits per heavy atom. The fourth-order valence-electron chi connectivity index (χ4n) is 1.24. The molecule has 0 radical (unpaired) electrons. The number of halogens is 2. The fraction of sp³-hybridized carbons (Fsp3) is 0.400. The van der Waals surface area contributed by atoms with Gasteiger partial charge in [0.05, 0.1) is 6.10 Å². The van der Waals surface area contributed by atoms with Crippen LogP contribution in [0.25, 0.3) is 0 Å². The first-order valence-electron chi connectivity index (χ1n) is 4.48. The maximum atomic E-state index is 9.81. The first-order valence-corrected chi connectivity index (χ1v) is 6.06. The number of rotatable bonds is 4. The molecule has 2 atom stereocenters. The van der Waals surface area contributed by atoms with E-state index >= 15 is 0 Å². The SMILES string of the molecule is OCCC(O)C(O)c1cc(Br)ccc1Br. The highest BCUT2D eigenvalue weighted by molar-refractivity contribution is 9.11. The summed E-state index contributed by atoms with van der Waals surface area (Å²) in [5, 5.41) is 28.0. The maximum Gasteiger partial charge on any atom is 0.106 e. The number of benzene rings is 1. The number of hydrogen-bond donors (Lipinski definition) is 3. The van der Waals surface area contributed by atoms with Crippen LogP contribution in [0.2, 0.25) is 0 Å². The Morgan fingerprint density at radius 2 is 1.87 bits per heavy atom. The van der Waals surface area contributed by atoms with Crippen LogP contribution >= 0.6 is 31.9 Å². The minimum atomic E-state index is -0.996. The molecular formula is C10H12Br2O3. The summed E-state index contributed by atoms with van der Waals surface area (Å²) in [6, 6.07) is 5.35. The molecular weight excluding hydrogens is 328 g/mol. The van der Waals surface area contributed by atoms with Gasteiger partial charge in [-0.15, -0.1) is 0 Å². The average Bonchev–Trinajstić information content (AvgIpc) is 2.21.